The van der Waals surface area contributed by atoms with Crippen LogP contribution in [-0.2, 0) is 9.59 Å². The number of benzene rings is 1. The predicted octanol–water partition coefficient (Wildman–Crippen LogP) is 4.35. The van der Waals surface area contributed by atoms with Crippen LogP contribution in [0.25, 0.3) is 0 Å². The molecule has 0 spiro atoms. The van der Waals surface area contributed by atoms with Crippen LogP contribution >= 0.6 is 11.3 Å². The minimum absolute atomic E-state index is 0.0380. The predicted molar refractivity (Wildman–Crippen MR) is 128 cm³/mol. The Morgan fingerprint density at radius 3 is 2.69 bits per heavy atom. The van der Waals surface area contributed by atoms with Crippen molar-refractivity contribution in [3.05, 3.63) is 34.8 Å². The molecule has 1 aliphatic carbocycles. The first-order chi connectivity index (χ1) is 15.5. The Balaban J connectivity index is 1.22. The monoisotopic (exact) mass is 455 g/mol. The second kappa shape index (κ2) is 10.4. The average Bonchev–Trinajstić information content (AvgIpc) is 3.26. The van der Waals surface area contributed by atoms with Crippen molar-refractivity contribution in [1.82, 2.24) is 15.1 Å². The molecule has 8 heteroatoms. The molecule has 1 aromatic carbocycles. The van der Waals surface area contributed by atoms with E-state index in [0.29, 0.717) is 24.1 Å². The van der Waals surface area contributed by atoms with Gasteiger partial charge >= 0.3 is 0 Å². The Labute approximate surface area is 194 Å². The summed E-state index contributed by atoms with van der Waals surface area (Å²) in [4.78, 5) is 29.3. The van der Waals surface area contributed by atoms with Crippen molar-refractivity contribution < 1.29 is 9.59 Å². The normalized spacial score (nSPS) is 19.8. The Kier molecular flexibility index (Phi) is 7.40. The van der Waals surface area contributed by atoms with Crippen LogP contribution in [0.3, 0.4) is 0 Å². The number of carbonyl (C=O) groups excluding carboxylic acids is 2. The second-order valence-corrected chi connectivity index (χ2v) is 10.1. The Hall–Kier alpha value is -2.48. The van der Waals surface area contributed by atoms with Gasteiger partial charge in [-0.25, -0.2) is 0 Å². The Morgan fingerprint density at radius 1 is 1.12 bits per heavy atom. The molecule has 1 aromatic heterocycles. The summed E-state index contributed by atoms with van der Waals surface area (Å²) in [5.41, 5.74) is 2.44. The highest BCUT2D eigenvalue weighted by Gasteiger charge is 2.27. The molecule has 2 aliphatic rings. The van der Waals surface area contributed by atoms with Crippen molar-refractivity contribution >= 4 is 34.0 Å². The summed E-state index contributed by atoms with van der Waals surface area (Å²) in [5, 5.41) is 12.8. The lowest BCUT2D eigenvalue weighted by molar-refractivity contribution is -0.133. The van der Waals surface area contributed by atoms with E-state index in [-0.39, 0.29) is 30.7 Å². The molecule has 0 unspecified atom stereocenters. The van der Waals surface area contributed by atoms with Crippen LogP contribution in [-0.4, -0.2) is 52.6 Å². The molecule has 4 rings (SSSR count). The maximum atomic E-state index is 12.7. The molecule has 2 fully saturated rings. The molecular formula is C24H33N5O2S. The Morgan fingerprint density at radius 2 is 1.94 bits per heavy atom. The number of amides is 2. The van der Waals surface area contributed by atoms with Crippen molar-refractivity contribution in [2.24, 2.45) is 0 Å². The fourth-order valence-electron chi connectivity index (χ4n) is 4.73. The van der Waals surface area contributed by atoms with Gasteiger partial charge in [-0.3, -0.25) is 9.59 Å². The summed E-state index contributed by atoms with van der Waals surface area (Å²) >= 11 is 1.47. The molecule has 172 valence electrons. The number of rotatable bonds is 6. The third kappa shape index (κ3) is 5.65. The molecule has 1 atom stereocenters. The van der Waals surface area contributed by atoms with Gasteiger partial charge in [0.15, 0.2) is 0 Å². The quantitative estimate of drug-likeness (QED) is 0.701. The summed E-state index contributed by atoms with van der Waals surface area (Å²) in [6.45, 7) is 6.40. The molecule has 7 nitrogen and oxygen atoms in total. The van der Waals surface area contributed by atoms with Gasteiger partial charge < -0.3 is 15.1 Å². The number of hydrogen-bond acceptors (Lipinski definition) is 6. The van der Waals surface area contributed by atoms with Crippen molar-refractivity contribution in [1.29, 1.82) is 0 Å². The first-order valence-electron chi connectivity index (χ1n) is 11.7. The van der Waals surface area contributed by atoms with Crippen LogP contribution < -0.4 is 10.2 Å². The number of nitrogens with zero attached hydrogens (tertiary/aromatic N) is 4. The number of hydrogen-bond donors (Lipinski definition) is 1. The zero-order valence-corrected chi connectivity index (χ0v) is 19.9. The standard InChI is InChI=1S/C24H33N5O2S/c1-17-7-6-10-20(15-17)29-14-13-28(16-18(29)2)22(31)12-11-21(30)25-24-27-26-23(32-24)19-8-4-3-5-9-19/h6-7,10,15,18-19H,3-5,8-9,11-14,16H2,1-2H3,(H,25,27,30)/t18-/m1/s1. The molecule has 0 radical (unpaired) electrons. The highest BCUT2D eigenvalue weighted by atomic mass is 32.1. The zero-order valence-electron chi connectivity index (χ0n) is 19.0. The van der Waals surface area contributed by atoms with Crippen molar-refractivity contribution in [3.63, 3.8) is 0 Å². The van der Waals surface area contributed by atoms with Crippen LogP contribution in [0.1, 0.15) is 68.4 Å². The first kappa shape index (κ1) is 22.7. The van der Waals surface area contributed by atoms with Gasteiger partial charge in [0.1, 0.15) is 5.01 Å². The highest BCUT2D eigenvalue weighted by molar-refractivity contribution is 7.15. The van der Waals surface area contributed by atoms with E-state index >= 15 is 0 Å². The first-order valence-corrected chi connectivity index (χ1v) is 12.6. The van der Waals surface area contributed by atoms with Crippen LogP contribution in [0, 0.1) is 6.92 Å². The molecule has 1 N–H and O–H groups in total. The molecular weight excluding hydrogens is 422 g/mol. The Bertz CT molecular complexity index is 940. The zero-order chi connectivity index (χ0) is 22.5. The molecule has 2 heterocycles. The summed E-state index contributed by atoms with van der Waals surface area (Å²) < 4.78 is 0. The maximum Gasteiger partial charge on any atom is 0.226 e. The number of aryl methyl sites for hydroxylation is 1. The van der Waals surface area contributed by atoms with E-state index < -0.39 is 0 Å². The van der Waals surface area contributed by atoms with Crippen LogP contribution in [0.2, 0.25) is 0 Å². The van der Waals surface area contributed by atoms with Gasteiger partial charge in [-0.15, -0.1) is 10.2 Å². The van der Waals surface area contributed by atoms with Crippen molar-refractivity contribution in [2.45, 2.75) is 70.8 Å². The average molecular weight is 456 g/mol. The summed E-state index contributed by atoms with van der Waals surface area (Å²) in [5.74, 6) is 0.348. The van der Waals surface area contributed by atoms with Gasteiger partial charge in [0.05, 0.1) is 0 Å². The fraction of sp³-hybridized carbons (Fsp3) is 0.583. The number of nitrogens with one attached hydrogen (secondary N) is 1. The molecule has 32 heavy (non-hydrogen) atoms. The second-order valence-electron chi connectivity index (χ2n) is 9.05. The lowest BCUT2D eigenvalue weighted by atomic mass is 9.90. The molecule has 0 bridgehead atoms. The fourth-order valence-corrected chi connectivity index (χ4v) is 5.66. The van der Waals surface area contributed by atoms with E-state index in [1.165, 1.54) is 41.9 Å². The lowest BCUT2D eigenvalue weighted by Crippen LogP contribution is -2.53. The third-order valence-electron chi connectivity index (χ3n) is 6.52. The van der Waals surface area contributed by atoms with Gasteiger partial charge in [0, 0.05) is 50.1 Å². The molecule has 2 amide bonds. The van der Waals surface area contributed by atoms with Crippen LogP contribution in [0.5, 0.6) is 0 Å². The minimum Gasteiger partial charge on any atom is -0.365 e. The van der Waals surface area contributed by atoms with E-state index in [1.807, 2.05) is 4.90 Å². The van der Waals surface area contributed by atoms with Crippen LogP contribution in [0.4, 0.5) is 10.8 Å². The van der Waals surface area contributed by atoms with Crippen LogP contribution in [0.15, 0.2) is 24.3 Å². The smallest absolute Gasteiger partial charge is 0.226 e. The number of carbonyl (C=O) groups is 2. The van der Waals surface area contributed by atoms with Crippen molar-refractivity contribution in [2.75, 3.05) is 29.9 Å². The van der Waals surface area contributed by atoms with Gasteiger partial charge in [-0.05, 0) is 44.4 Å². The number of aromatic nitrogens is 2. The molecule has 2 aromatic rings. The number of piperazine rings is 1. The maximum absolute atomic E-state index is 12.7. The van der Waals surface area contributed by atoms with E-state index in [9.17, 15) is 9.59 Å². The van der Waals surface area contributed by atoms with E-state index in [0.717, 1.165) is 24.4 Å². The highest BCUT2D eigenvalue weighted by Crippen LogP contribution is 2.35. The topological polar surface area (TPSA) is 78.4 Å². The van der Waals surface area contributed by atoms with Gasteiger partial charge in [-0.2, -0.15) is 0 Å². The molecule has 1 saturated carbocycles. The van der Waals surface area contributed by atoms with E-state index in [1.54, 1.807) is 0 Å². The largest absolute Gasteiger partial charge is 0.365 e. The number of anilines is 2. The van der Waals surface area contributed by atoms with Gasteiger partial charge in [0.2, 0.25) is 16.9 Å². The third-order valence-corrected chi connectivity index (χ3v) is 7.52. The molecule has 1 aliphatic heterocycles. The minimum atomic E-state index is -0.170. The molecule has 1 saturated heterocycles. The summed E-state index contributed by atoms with van der Waals surface area (Å²) in [6.07, 6.45) is 6.49. The summed E-state index contributed by atoms with van der Waals surface area (Å²) in [6, 6.07) is 8.72. The van der Waals surface area contributed by atoms with Gasteiger partial charge in [-0.1, -0.05) is 42.7 Å². The van der Waals surface area contributed by atoms with Crippen molar-refractivity contribution in [3.8, 4) is 0 Å². The SMILES string of the molecule is Cc1cccc(N2CCN(C(=O)CCC(=O)Nc3nnc(C4CCCCC4)s3)C[C@H]2C)c1. The lowest BCUT2D eigenvalue weighted by Gasteiger charge is -2.41. The van der Waals surface area contributed by atoms with E-state index in [2.05, 4.69) is 58.5 Å². The van der Waals surface area contributed by atoms with E-state index in [4.69, 9.17) is 0 Å². The van der Waals surface area contributed by atoms with Gasteiger partial charge in [0.25, 0.3) is 0 Å². The summed E-state index contributed by atoms with van der Waals surface area (Å²) in [7, 11) is 0.